The first-order valence-electron chi connectivity index (χ1n) is 4.72. The van der Waals surface area contributed by atoms with Gasteiger partial charge in [-0.15, -0.1) is 0 Å². The molecule has 1 aromatic carbocycles. The summed E-state index contributed by atoms with van der Waals surface area (Å²) in [6.07, 6.45) is 0.459. The van der Waals surface area contributed by atoms with Crippen molar-refractivity contribution in [3.63, 3.8) is 0 Å². The third-order valence-corrected chi connectivity index (χ3v) is 2.78. The molecule has 0 aromatic heterocycles. The van der Waals surface area contributed by atoms with Gasteiger partial charge in [0, 0.05) is 24.4 Å². The van der Waals surface area contributed by atoms with Crippen molar-refractivity contribution in [1.82, 2.24) is 0 Å². The van der Waals surface area contributed by atoms with E-state index >= 15 is 0 Å². The van der Waals surface area contributed by atoms with E-state index in [9.17, 15) is 8.78 Å². The highest BCUT2D eigenvalue weighted by Crippen LogP contribution is 2.45. The van der Waals surface area contributed by atoms with Crippen LogP contribution >= 0.6 is 0 Å². The van der Waals surface area contributed by atoms with E-state index in [1.807, 2.05) is 6.92 Å². The number of aryl methyl sites for hydroxylation is 1. The van der Waals surface area contributed by atoms with Crippen molar-refractivity contribution in [3.8, 4) is 0 Å². The Hall–Kier alpha value is -0.960. The fourth-order valence-corrected chi connectivity index (χ4v) is 1.97. The number of benzene rings is 1. The van der Waals surface area contributed by atoms with Crippen molar-refractivity contribution in [1.29, 1.82) is 0 Å². The zero-order valence-corrected chi connectivity index (χ0v) is 8.06. The summed E-state index contributed by atoms with van der Waals surface area (Å²) in [4.78, 5) is 0. The van der Waals surface area contributed by atoms with Crippen LogP contribution in [0.5, 0.6) is 0 Å². The molecule has 14 heavy (non-hydrogen) atoms. The van der Waals surface area contributed by atoms with Gasteiger partial charge in [-0.05, 0) is 19.1 Å². The number of hydrogen-bond acceptors (Lipinski definition) is 1. The molecule has 2 rings (SSSR count). The van der Waals surface area contributed by atoms with E-state index in [0.29, 0.717) is 0 Å². The predicted molar refractivity (Wildman–Crippen MR) is 51.1 cm³/mol. The molecule has 2 N–H and O–H groups in total. The fourth-order valence-electron chi connectivity index (χ4n) is 1.97. The molecular formula is C11H13F2N. The van der Waals surface area contributed by atoms with E-state index in [4.69, 9.17) is 5.73 Å². The first kappa shape index (κ1) is 9.59. The zero-order chi connectivity index (χ0) is 10.3. The lowest BCUT2D eigenvalue weighted by atomic mass is 9.73. The molecule has 1 aliphatic rings. The minimum absolute atomic E-state index is 0.125. The summed E-state index contributed by atoms with van der Waals surface area (Å²) in [6.45, 7) is 1.82. The maximum Gasteiger partial charge on any atom is 0.141 e. The minimum atomic E-state index is -1.53. The van der Waals surface area contributed by atoms with Crippen molar-refractivity contribution in [2.45, 2.75) is 31.5 Å². The molecular weight excluding hydrogens is 184 g/mol. The Morgan fingerprint density at radius 1 is 1.43 bits per heavy atom. The lowest BCUT2D eigenvalue weighted by Gasteiger charge is -2.39. The number of hydrogen-bond donors (Lipinski definition) is 1. The molecule has 1 aliphatic carbocycles. The first-order chi connectivity index (χ1) is 6.51. The van der Waals surface area contributed by atoms with Gasteiger partial charge in [0.1, 0.15) is 11.5 Å². The predicted octanol–water partition coefficient (Wildman–Crippen LogP) is 2.42. The van der Waals surface area contributed by atoms with Crippen LogP contribution in [0.4, 0.5) is 8.78 Å². The third kappa shape index (κ3) is 1.42. The summed E-state index contributed by atoms with van der Waals surface area (Å²) in [5.74, 6) is -0.468. The number of halogens is 2. The molecule has 76 valence electrons. The summed E-state index contributed by atoms with van der Waals surface area (Å²) in [5.41, 5.74) is 5.02. The van der Waals surface area contributed by atoms with Crippen molar-refractivity contribution in [3.05, 3.63) is 35.1 Å². The average Bonchev–Trinajstić information content (AvgIpc) is 2.07. The Morgan fingerprint density at radius 3 is 2.64 bits per heavy atom. The second-order valence-corrected chi connectivity index (χ2v) is 4.12. The van der Waals surface area contributed by atoms with Gasteiger partial charge in [-0.1, -0.05) is 11.6 Å². The zero-order valence-electron chi connectivity index (χ0n) is 8.06. The van der Waals surface area contributed by atoms with E-state index in [1.165, 1.54) is 6.07 Å². The highest BCUT2D eigenvalue weighted by atomic mass is 19.1. The van der Waals surface area contributed by atoms with Crippen LogP contribution < -0.4 is 5.73 Å². The Morgan fingerprint density at radius 2 is 2.07 bits per heavy atom. The van der Waals surface area contributed by atoms with Crippen LogP contribution in [0.1, 0.15) is 24.0 Å². The van der Waals surface area contributed by atoms with Crippen molar-refractivity contribution >= 4 is 0 Å². The molecule has 1 fully saturated rings. The maximum atomic E-state index is 14.0. The van der Waals surface area contributed by atoms with Gasteiger partial charge in [-0.3, -0.25) is 0 Å². The lowest BCUT2D eigenvalue weighted by molar-refractivity contribution is 0.0368. The quantitative estimate of drug-likeness (QED) is 0.735. The van der Waals surface area contributed by atoms with Gasteiger partial charge < -0.3 is 5.73 Å². The highest BCUT2D eigenvalue weighted by molar-refractivity contribution is 5.31. The number of alkyl halides is 1. The number of nitrogens with two attached hydrogens (primary N) is 1. The molecule has 1 nitrogen and oxygen atoms in total. The third-order valence-electron chi connectivity index (χ3n) is 2.78. The molecule has 0 amide bonds. The first-order valence-corrected chi connectivity index (χ1v) is 4.72. The summed E-state index contributed by atoms with van der Waals surface area (Å²) in [5, 5.41) is 0. The van der Waals surface area contributed by atoms with Crippen LogP contribution in [0.25, 0.3) is 0 Å². The topological polar surface area (TPSA) is 26.0 Å². The van der Waals surface area contributed by atoms with Crippen LogP contribution in [-0.2, 0) is 5.67 Å². The van der Waals surface area contributed by atoms with Gasteiger partial charge in [0.15, 0.2) is 0 Å². The van der Waals surface area contributed by atoms with Crippen molar-refractivity contribution in [2.75, 3.05) is 0 Å². The largest absolute Gasteiger partial charge is 0.327 e. The monoisotopic (exact) mass is 197 g/mol. The minimum Gasteiger partial charge on any atom is -0.327 e. The Balaban J connectivity index is 2.36. The fraction of sp³-hybridized carbons (Fsp3) is 0.455. The summed E-state index contributed by atoms with van der Waals surface area (Å²) < 4.78 is 27.3. The normalized spacial score (nSPS) is 31.3. The molecule has 3 heteroatoms. The molecule has 0 unspecified atom stereocenters. The molecule has 0 aliphatic heterocycles. The van der Waals surface area contributed by atoms with E-state index < -0.39 is 11.5 Å². The molecule has 1 aromatic rings. The second kappa shape index (κ2) is 3.02. The second-order valence-electron chi connectivity index (χ2n) is 4.12. The molecule has 1 saturated carbocycles. The van der Waals surface area contributed by atoms with Crippen LogP contribution in [0, 0.1) is 12.7 Å². The van der Waals surface area contributed by atoms with Gasteiger partial charge in [-0.25, -0.2) is 8.78 Å². The summed E-state index contributed by atoms with van der Waals surface area (Å²) >= 11 is 0. The van der Waals surface area contributed by atoms with Gasteiger partial charge in [0.25, 0.3) is 0 Å². The molecule has 0 saturated heterocycles. The SMILES string of the molecule is Cc1ccc(F)c(C2(F)CC(N)C2)c1. The summed E-state index contributed by atoms with van der Waals surface area (Å²) in [6, 6.07) is 4.40. The van der Waals surface area contributed by atoms with Gasteiger partial charge in [0.05, 0.1) is 0 Å². The highest BCUT2D eigenvalue weighted by Gasteiger charge is 2.46. The van der Waals surface area contributed by atoms with Gasteiger partial charge in [-0.2, -0.15) is 0 Å². The molecule has 0 bridgehead atoms. The van der Waals surface area contributed by atoms with Gasteiger partial charge in [0.2, 0.25) is 0 Å². The van der Waals surface area contributed by atoms with Gasteiger partial charge >= 0.3 is 0 Å². The molecule has 0 radical (unpaired) electrons. The lowest BCUT2D eigenvalue weighted by Crippen LogP contribution is -2.46. The maximum absolute atomic E-state index is 14.0. The van der Waals surface area contributed by atoms with Crippen LogP contribution in [0.3, 0.4) is 0 Å². The van der Waals surface area contributed by atoms with E-state index in [-0.39, 0.29) is 24.4 Å². The Labute approximate surface area is 81.9 Å². The van der Waals surface area contributed by atoms with Crippen LogP contribution in [-0.4, -0.2) is 6.04 Å². The van der Waals surface area contributed by atoms with Crippen LogP contribution in [0.2, 0.25) is 0 Å². The Bertz CT molecular complexity index is 356. The average molecular weight is 197 g/mol. The molecule has 0 heterocycles. The van der Waals surface area contributed by atoms with E-state index in [0.717, 1.165) is 5.56 Å². The van der Waals surface area contributed by atoms with Crippen molar-refractivity contribution in [2.24, 2.45) is 5.73 Å². The summed E-state index contributed by atoms with van der Waals surface area (Å²) in [7, 11) is 0. The van der Waals surface area contributed by atoms with E-state index in [2.05, 4.69) is 0 Å². The number of rotatable bonds is 1. The van der Waals surface area contributed by atoms with Crippen LogP contribution in [0.15, 0.2) is 18.2 Å². The smallest absolute Gasteiger partial charge is 0.141 e. The van der Waals surface area contributed by atoms with E-state index in [1.54, 1.807) is 12.1 Å². The van der Waals surface area contributed by atoms with Crippen molar-refractivity contribution < 1.29 is 8.78 Å². The molecule has 0 atom stereocenters. The molecule has 0 spiro atoms. The Kier molecular flexibility index (Phi) is 2.07. The standard InChI is InChI=1S/C11H13F2N/c1-7-2-3-10(12)9(4-7)11(13)5-8(14)6-11/h2-4,8H,5-6,14H2,1H3.